The van der Waals surface area contributed by atoms with Gasteiger partial charge in [0.1, 0.15) is 99.5 Å². The molecule has 0 aliphatic carbocycles. The lowest BCUT2D eigenvalue weighted by molar-refractivity contribution is -0.151. The van der Waals surface area contributed by atoms with Gasteiger partial charge in [-0.05, 0) is 272 Å². The van der Waals surface area contributed by atoms with Gasteiger partial charge < -0.3 is 112 Å². The molecule has 4 aromatic heterocycles. The number of hydrogen-bond donors (Lipinski definition) is 7. The van der Waals surface area contributed by atoms with E-state index in [0.29, 0.717) is 180 Å². The van der Waals surface area contributed by atoms with E-state index in [4.69, 9.17) is 106 Å². The van der Waals surface area contributed by atoms with Crippen molar-refractivity contribution in [1.29, 1.82) is 0 Å². The van der Waals surface area contributed by atoms with Crippen molar-refractivity contribution < 1.29 is 134 Å². The Kier molecular flexibility index (Phi) is 34.7. The Hall–Kier alpha value is -11.8. The van der Waals surface area contributed by atoms with Crippen molar-refractivity contribution >= 4 is 120 Å². The number of Topliss-reactive ketones (excluding diaryl/α,β-unsaturated/α-hetero) is 1. The van der Waals surface area contributed by atoms with Crippen molar-refractivity contribution in [3.05, 3.63) is 235 Å². The van der Waals surface area contributed by atoms with Crippen LogP contribution in [0.25, 0.3) is 43.9 Å². The van der Waals surface area contributed by atoms with Crippen LogP contribution in [0.2, 0.25) is 20.1 Å². The molecule has 0 spiro atoms. The van der Waals surface area contributed by atoms with E-state index >= 15 is 35.1 Å². The lowest BCUT2D eigenvalue weighted by Gasteiger charge is -2.30. The van der Waals surface area contributed by atoms with Gasteiger partial charge in [0.05, 0.1) is 22.2 Å². The van der Waals surface area contributed by atoms with Gasteiger partial charge in [-0.1, -0.05) is 94.3 Å². The minimum atomic E-state index is -4.06. The van der Waals surface area contributed by atoms with Crippen LogP contribution in [-0.4, -0.2) is 220 Å². The van der Waals surface area contributed by atoms with Crippen molar-refractivity contribution in [3.63, 3.8) is 0 Å². The molecular weight excluding hydrogens is 1970 g/mol. The molecular formula is C104H114Cl4F8N8O20. The van der Waals surface area contributed by atoms with Gasteiger partial charge in [0, 0.05) is 73.4 Å². The van der Waals surface area contributed by atoms with Gasteiger partial charge in [0.15, 0.2) is 74.8 Å². The van der Waals surface area contributed by atoms with E-state index in [0.717, 1.165) is 88.7 Å². The van der Waals surface area contributed by atoms with Crippen molar-refractivity contribution in [3.8, 4) is 46.0 Å². The number of ketones is 1. The fraction of sp³-hybridized carbons (Fsp3) is 0.413. The summed E-state index contributed by atoms with van der Waals surface area (Å²) in [7, 11) is 0. The fourth-order valence-corrected chi connectivity index (χ4v) is 18.1. The summed E-state index contributed by atoms with van der Waals surface area (Å²) in [5.41, 5.74) is 1.13. The van der Waals surface area contributed by atoms with Gasteiger partial charge in [-0.2, -0.15) is 35.1 Å². The highest BCUT2D eigenvalue weighted by atomic mass is 35.5. The summed E-state index contributed by atoms with van der Waals surface area (Å²) in [5.74, 6) is -23.4. The molecule has 8 aliphatic heterocycles. The second-order valence-corrected chi connectivity index (χ2v) is 36.3. The first-order valence-electron chi connectivity index (χ1n) is 47.0. The van der Waals surface area contributed by atoms with Crippen LogP contribution in [0.4, 0.5) is 35.1 Å². The molecule has 774 valence electrons. The van der Waals surface area contributed by atoms with Crippen LogP contribution in [0.3, 0.4) is 0 Å². The highest BCUT2D eigenvalue weighted by molar-refractivity contribution is 6.32. The van der Waals surface area contributed by atoms with Crippen molar-refractivity contribution in [2.24, 2.45) is 0 Å². The molecule has 4 saturated heterocycles. The number of likely N-dealkylation sites (tertiary alicyclic amines) is 4. The van der Waals surface area contributed by atoms with Gasteiger partial charge in [0.25, 0.3) is 23.6 Å². The number of amides is 4. The van der Waals surface area contributed by atoms with E-state index in [1.807, 2.05) is 19.6 Å². The minimum Gasteiger partial charge on any atom is -0.486 e. The van der Waals surface area contributed by atoms with Crippen molar-refractivity contribution in [2.75, 3.05) is 131 Å². The van der Waals surface area contributed by atoms with Crippen molar-refractivity contribution in [2.45, 2.75) is 147 Å². The van der Waals surface area contributed by atoms with Crippen LogP contribution in [-0.2, 0) is 42.9 Å². The number of carbonyl (C=O) groups is 5. The maximum Gasteiger partial charge on any atom is 0.380 e. The standard InChI is InChI=1S/3C25H25ClF2N2O5.C25H23ClF2N2O5.4CH4/c4*26-17-4-6-19-16(11-17)13-22(35-19)25(27,28)24(32)29-18(14-30-7-1-2-8-30)23(31)15-3-5-20-21(12-15)34-10-9-33-20;;;;/h3*3-6,11-13,18,23,31H,1-2,7-10,14H2,(H,29,32);3-6,11-13,18H,1-2,7-10,14H2,(H,29,32);4*1H4/t18-,23?;18-,23+;18-,23-;18-;;;;/m1111..../s1/i3*23D;;;;;. The second-order valence-electron chi connectivity index (χ2n) is 34.6. The Morgan fingerprint density at radius 1 is 0.306 bits per heavy atom. The predicted octanol–water partition coefficient (Wildman–Crippen LogP) is 19.7. The molecule has 4 amide bonds. The molecule has 144 heavy (non-hydrogen) atoms. The monoisotopic (exact) mass is 2090 g/mol. The van der Waals surface area contributed by atoms with Crippen molar-refractivity contribution in [1.82, 2.24) is 40.9 Å². The second kappa shape index (κ2) is 47.6. The molecule has 8 aromatic carbocycles. The predicted molar refractivity (Wildman–Crippen MR) is 527 cm³/mol. The number of fused-ring (bicyclic) bond motifs is 8. The molecule has 12 aromatic rings. The average Bonchev–Trinajstić information content (AvgIpc) is 1.18. The van der Waals surface area contributed by atoms with Crippen LogP contribution >= 0.6 is 46.4 Å². The lowest BCUT2D eigenvalue weighted by Crippen LogP contribution is -2.51. The Morgan fingerprint density at radius 2 is 0.535 bits per heavy atom. The van der Waals surface area contributed by atoms with Crippen LogP contribution in [0.5, 0.6) is 46.0 Å². The maximum absolute atomic E-state index is 15.2. The highest BCUT2D eigenvalue weighted by Gasteiger charge is 2.51. The third kappa shape index (κ3) is 25.5. The first kappa shape index (κ1) is 105. The topological polar surface area (TPSA) is 334 Å². The van der Waals surface area contributed by atoms with E-state index < -0.39 is 119 Å². The molecule has 28 nitrogen and oxygen atoms in total. The molecule has 7 atom stereocenters. The number of carbonyl (C=O) groups excluding carboxylic acids is 5. The quantitative estimate of drug-likeness (QED) is 0.0177. The molecule has 0 bridgehead atoms. The molecule has 40 heteroatoms. The summed E-state index contributed by atoms with van der Waals surface area (Å²) in [4.78, 5) is 72.6. The SMILES string of the molecule is C.C.C.C.O=C(c1ccc2c(c1)OCCO2)[C@@H](CN1CCCC1)NC(=O)C(F)(F)c1cc2cc(Cl)ccc2o1.[2H]C(O)(c1ccc2c(c1)OCCO2)[C@@H](CN1CCCC1)NC(=O)C(F)(F)c1cc2cc(Cl)ccc2o1.[2H][C@@](O)(c1ccc2c(c1)OCCO2)[C@@H](CN1CCCC1)NC(=O)C(F)(F)c1cc2cc(Cl)ccc2o1.[2H][C@](O)(c1ccc2c(c1)OCCO2)[C@@H](CN1CCCC1)NC(=O)C(F)(F)c1cc2cc(Cl)ccc2o1. The Balaban J connectivity index is 0.000000162. The van der Waals surface area contributed by atoms with Crippen LogP contribution < -0.4 is 59.2 Å². The lowest BCUT2D eigenvalue weighted by atomic mass is 10.0. The van der Waals surface area contributed by atoms with E-state index in [2.05, 4.69) is 21.3 Å². The number of halogens is 12. The number of nitrogens with zero attached hydrogens (tertiary/aromatic N) is 4. The van der Waals surface area contributed by atoms with E-state index in [1.54, 1.807) is 30.3 Å². The number of hydrogen-bond acceptors (Lipinski definition) is 24. The van der Waals surface area contributed by atoms with E-state index in [1.165, 1.54) is 115 Å². The van der Waals surface area contributed by atoms with E-state index in [-0.39, 0.29) is 100 Å². The van der Waals surface area contributed by atoms with E-state index in [9.17, 15) is 39.3 Å². The molecule has 8 aliphatic rings. The molecule has 0 saturated carbocycles. The summed E-state index contributed by atoms with van der Waals surface area (Å²) in [6.07, 6.45) is -0.0250. The zero-order chi connectivity index (χ0) is 101. The van der Waals surface area contributed by atoms with Crippen LogP contribution in [0, 0.1) is 0 Å². The zero-order valence-electron chi connectivity index (χ0n) is 77.9. The fourth-order valence-electron chi connectivity index (χ4n) is 17.4. The Morgan fingerprint density at radius 3 is 0.799 bits per heavy atom. The minimum absolute atomic E-state index is 0. The van der Waals surface area contributed by atoms with Crippen LogP contribution in [0.1, 0.15) is 154 Å². The van der Waals surface area contributed by atoms with Gasteiger partial charge in [0.2, 0.25) is 0 Å². The first-order valence-corrected chi connectivity index (χ1v) is 47.0. The number of rotatable bonds is 28. The molecule has 0 radical (unpaired) electrons. The zero-order valence-corrected chi connectivity index (χ0v) is 77.9. The Bertz CT molecular complexity index is 6210. The third-order valence-corrected chi connectivity index (χ3v) is 25.7. The first-order chi connectivity index (χ1) is 68.2. The Labute approximate surface area is 849 Å². The largest absolute Gasteiger partial charge is 0.486 e. The molecule has 7 N–H and O–H groups in total. The number of nitrogens with one attached hydrogen (secondary N) is 4. The molecule has 20 rings (SSSR count). The van der Waals surface area contributed by atoms with Crippen LogP contribution in [0.15, 0.2) is 188 Å². The summed E-state index contributed by atoms with van der Waals surface area (Å²) < 4.78 is 213. The summed E-state index contributed by atoms with van der Waals surface area (Å²) >= 11 is 23.7. The average molecular weight is 2090 g/mol. The number of aliphatic hydroxyl groups is 3. The van der Waals surface area contributed by atoms with Gasteiger partial charge in [-0.15, -0.1) is 0 Å². The third-order valence-electron chi connectivity index (χ3n) is 24.7. The smallest absolute Gasteiger partial charge is 0.380 e. The highest BCUT2D eigenvalue weighted by Crippen LogP contribution is 2.44. The number of alkyl halides is 8. The molecule has 4 fully saturated rings. The summed E-state index contributed by atoms with van der Waals surface area (Å²) in [5, 5.41) is 45.5. The number of furan rings is 4. The summed E-state index contributed by atoms with van der Waals surface area (Å²) in [6, 6.07) is 34.5. The maximum atomic E-state index is 15.2. The van der Waals surface area contributed by atoms with Gasteiger partial charge in [-0.3, -0.25) is 24.0 Å². The number of ether oxygens (including phenoxy) is 8. The molecule has 1 unspecified atom stereocenters. The van der Waals surface area contributed by atoms with Gasteiger partial charge >= 0.3 is 23.7 Å². The summed E-state index contributed by atoms with van der Waals surface area (Å²) in [6.45, 7) is 8.36. The normalized spacial score (nSPS) is 18.1. The molecule has 12 heterocycles. The number of benzene rings is 8. The van der Waals surface area contributed by atoms with Gasteiger partial charge in [-0.25, -0.2) is 0 Å².